The van der Waals surface area contributed by atoms with Crippen LogP contribution in [-0.2, 0) is 17.8 Å². The van der Waals surface area contributed by atoms with Crippen molar-refractivity contribution in [2.75, 3.05) is 13.7 Å². The van der Waals surface area contributed by atoms with E-state index in [9.17, 15) is 4.79 Å². The smallest absolute Gasteiger partial charge is 0.226 e. The molecule has 0 bridgehead atoms. The first-order valence-electron chi connectivity index (χ1n) is 7.71. The predicted octanol–water partition coefficient (Wildman–Crippen LogP) is 2.63. The van der Waals surface area contributed by atoms with Gasteiger partial charge in [-0.25, -0.2) is 0 Å². The van der Waals surface area contributed by atoms with Gasteiger partial charge >= 0.3 is 0 Å². The predicted molar refractivity (Wildman–Crippen MR) is 76.4 cm³/mol. The maximum absolute atomic E-state index is 12.6. The van der Waals surface area contributed by atoms with Crippen LogP contribution in [0.15, 0.2) is 18.2 Å². The van der Waals surface area contributed by atoms with Crippen LogP contribution in [0.5, 0.6) is 5.75 Å². The first-order chi connectivity index (χ1) is 9.78. The van der Waals surface area contributed by atoms with Gasteiger partial charge in [-0.15, -0.1) is 0 Å². The van der Waals surface area contributed by atoms with E-state index in [0.29, 0.717) is 17.7 Å². The summed E-state index contributed by atoms with van der Waals surface area (Å²) >= 11 is 0. The van der Waals surface area contributed by atoms with Gasteiger partial charge in [0, 0.05) is 24.6 Å². The number of fused-ring (bicyclic) bond motifs is 1. The van der Waals surface area contributed by atoms with Crippen LogP contribution in [-0.4, -0.2) is 24.5 Å². The van der Waals surface area contributed by atoms with Crippen LogP contribution in [0.3, 0.4) is 0 Å². The van der Waals surface area contributed by atoms with Crippen molar-refractivity contribution in [2.45, 2.75) is 32.2 Å². The van der Waals surface area contributed by atoms with E-state index in [-0.39, 0.29) is 0 Å². The number of amides is 1. The van der Waals surface area contributed by atoms with Gasteiger partial charge in [0.25, 0.3) is 0 Å². The molecule has 0 aromatic heterocycles. The van der Waals surface area contributed by atoms with Crippen LogP contribution in [0.25, 0.3) is 0 Å². The third kappa shape index (κ3) is 2.00. The number of ether oxygens (including phenoxy) is 1. The summed E-state index contributed by atoms with van der Waals surface area (Å²) in [5.74, 6) is 3.30. The molecule has 2 aliphatic carbocycles. The van der Waals surface area contributed by atoms with Gasteiger partial charge in [-0.3, -0.25) is 4.79 Å². The van der Waals surface area contributed by atoms with Crippen molar-refractivity contribution in [1.29, 1.82) is 0 Å². The lowest BCUT2D eigenvalue weighted by Crippen LogP contribution is -2.37. The molecule has 1 aliphatic heterocycles. The largest absolute Gasteiger partial charge is 0.496 e. The zero-order valence-corrected chi connectivity index (χ0v) is 12.0. The summed E-state index contributed by atoms with van der Waals surface area (Å²) in [5.41, 5.74) is 2.54. The molecule has 2 saturated carbocycles. The van der Waals surface area contributed by atoms with Gasteiger partial charge < -0.3 is 9.64 Å². The second-order valence-electron chi connectivity index (χ2n) is 6.45. The molecule has 106 valence electrons. The lowest BCUT2D eigenvalue weighted by molar-refractivity contribution is -0.133. The van der Waals surface area contributed by atoms with Crippen molar-refractivity contribution >= 4 is 5.91 Å². The second kappa shape index (κ2) is 4.51. The molecular formula is C17H21NO2. The number of benzene rings is 1. The molecule has 4 rings (SSSR count). The molecule has 0 N–H and O–H groups in total. The maximum atomic E-state index is 12.6. The quantitative estimate of drug-likeness (QED) is 0.846. The lowest BCUT2D eigenvalue weighted by atomic mass is 9.98. The number of carbonyl (C=O) groups is 1. The van der Waals surface area contributed by atoms with Crippen molar-refractivity contribution in [3.63, 3.8) is 0 Å². The van der Waals surface area contributed by atoms with Gasteiger partial charge in [0.15, 0.2) is 0 Å². The molecule has 1 aromatic rings. The monoisotopic (exact) mass is 271 g/mol. The second-order valence-corrected chi connectivity index (χ2v) is 6.45. The minimum Gasteiger partial charge on any atom is -0.496 e. The van der Waals surface area contributed by atoms with E-state index in [1.807, 2.05) is 12.1 Å². The van der Waals surface area contributed by atoms with Crippen molar-refractivity contribution < 1.29 is 9.53 Å². The fourth-order valence-corrected chi connectivity index (χ4v) is 3.73. The van der Waals surface area contributed by atoms with Crippen molar-refractivity contribution in [3.05, 3.63) is 29.3 Å². The SMILES string of the molecule is COc1cccc2c1CCN(C(=O)[C@H]1C[C@@H]1C1CC1)C2. The number of carbonyl (C=O) groups excluding carboxylic acids is 1. The number of methoxy groups -OCH3 is 1. The Morgan fingerprint density at radius 3 is 2.95 bits per heavy atom. The summed E-state index contributed by atoms with van der Waals surface area (Å²) in [6, 6.07) is 6.17. The first-order valence-corrected chi connectivity index (χ1v) is 7.71. The molecule has 0 spiro atoms. The third-order valence-corrected chi connectivity index (χ3v) is 5.14. The number of rotatable bonds is 3. The standard InChI is InChI=1S/C17H21NO2/c1-20-16-4-2-3-12-10-18(8-7-13(12)16)17(19)15-9-14(15)11-5-6-11/h2-4,11,14-15H,5-10H2,1H3/t14-,15+/m1/s1. The fraction of sp³-hybridized carbons (Fsp3) is 0.588. The van der Waals surface area contributed by atoms with E-state index in [0.717, 1.165) is 37.6 Å². The number of hydrogen-bond donors (Lipinski definition) is 0. The van der Waals surface area contributed by atoms with Crippen LogP contribution in [0.1, 0.15) is 30.4 Å². The van der Waals surface area contributed by atoms with E-state index in [1.54, 1.807) is 7.11 Å². The van der Waals surface area contributed by atoms with E-state index >= 15 is 0 Å². The minimum atomic E-state index is 0.342. The first kappa shape index (κ1) is 12.2. The Hall–Kier alpha value is -1.51. The van der Waals surface area contributed by atoms with Crippen LogP contribution >= 0.6 is 0 Å². The van der Waals surface area contributed by atoms with E-state index in [1.165, 1.54) is 24.0 Å². The maximum Gasteiger partial charge on any atom is 0.226 e. The van der Waals surface area contributed by atoms with Crippen LogP contribution in [0.4, 0.5) is 0 Å². The highest BCUT2D eigenvalue weighted by Crippen LogP contribution is 2.55. The highest BCUT2D eigenvalue weighted by Gasteiger charge is 2.52. The number of hydrogen-bond acceptors (Lipinski definition) is 2. The van der Waals surface area contributed by atoms with Gasteiger partial charge in [-0.05, 0) is 49.1 Å². The average Bonchev–Trinajstić information content (AvgIpc) is 3.36. The molecular weight excluding hydrogens is 250 g/mol. The molecule has 2 atom stereocenters. The Morgan fingerprint density at radius 1 is 1.35 bits per heavy atom. The normalized spacial score (nSPS) is 27.9. The van der Waals surface area contributed by atoms with Gasteiger partial charge in [-0.1, -0.05) is 12.1 Å². The zero-order valence-electron chi connectivity index (χ0n) is 12.0. The Morgan fingerprint density at radius 2 is 2.20 bits per heavy atom. The summed E-state index contributed by atoms with van der Waals surface area (Å²) in [6.45, 7) is 1.61. The molecule has 3 nitrogen and oxygen atoms in total. The topological polar surface area (TPSA) is 29.5 Å². The molecule has 1 aromatic carbocycles. The van der Waals surface area contributed by atoms with E-state index < -0.39 is 0 Å². The average molecular weight is 271 g/mol. The molecule has 1 amide bonds. The van der Waals surface area contributed by atoms with Gasteiger partial charge in [0.05, 0.1) is 7.11 Å². The summed E-state index contributed by atoms with van der Waals surface area (Å²) < 4.78 is 5.42. The Bertz CT molecular complexity index is 550. The van der Waals surface area contributed by atoms with Crippen LogP contribution < -0.4 is 4.74 Å². The van der Waals surface area contributed by atoms with Crippen LogP contribution in [0.2, 0.25) is 0 Å². The highest BCUT2D eigenvalue weighted by molar-refractivity contribution is 5.82. The lowest BCUT2D eigenvalue weighted by Gasteiger charge is -2.30. The Kier molecular flexibility index (Phi) is 2.76. The number of nitrogens with zero attached hydrogens (tertiary/aromatic N) is 1. The molecule has 3 heteroatoms. The van der Waals surface area contributed by atoms with Gasteiger partial charge in [0.2, 0.25) is 5.91 Å². The Labute approximate surface area is 119 Å². The molecule has 0 unspecified atom stereocenters. The summed E-state index contributed by atoms with van der Waals surface area (Å²) in [6.07, 6.45) is 4.78. The molecule has 3 aliphatic rings. The fourth-order valence-electron chi connectivity index (χ4n) is 3.73. The van der Waals surface area contributed by atoms with Crippen molar-refractivity contribution in [3.8, 4) is 5.75 Å². The summed E-state index contributed by atoms with van der Waals surface area (Å²) in [5, 5.41) is 0. The molecule has 1 heterocycles. The summed E-state index contributed by atoms with van der Waals surface area (Å²) in [4.78, 5) is 14.6. The molecule has 2 fully saturated rings. The zero-order chi connectivity index (χ0) is 13.7. The summed E-state index contributed by atoms with van der Waals surface area (Å²) in [7, 11) is 1.72. The third-order valence-electron chi connectivity index (χ3n) is 5.14. The minimum absolute atomic E-state index is 0.342. The molecule has 20 heavy (non-hydrogen) atoms. The molecule has 0 radical (unpaired) electrons. The molecule has 0 saturated heterocycles. The van der Waals surface area contributed by atoms with Gasteiger partial charge in [0.1, 0.15) is 5.75 Å². The van der Waals surface area contributed by atoms with Crippen LogP contribution in [0, 0.1) is 17.8 Å². The van der Waals surface area contributed by atoms with E-state index in [2.05, 4.69) is 11.0 Å². The van der Waals surface area contributed by atoms with Crippen molar-refractivity contribution in [2.24, 2.45) is 17.8 Å². The van der Waals surface area contributed by atoms with Gasteiger partial charge in [-0.2, -0.15) is 0 Å². The van der Waals surface area contributed by atoms with E-state index in [4.69, 9.17) is 4.74 Å². The van der Waals surface area contributed by atoms with Crippen molar-refractivity contribution in [1.82, 2.24) is 4.90 Å². The highest BCUT2D eigenvalue weighted by atomic mass is 16.5. The Balaban J connectivity index is 1.48.